The van der Waals surface area contributed by atoms with Crippen molar-refractivity contribution in [2.24, 2.45) is 0 Å². The van der Waals surface area contributed by atoms with E-state index in [2.05, 4.69) is 15.2 Å². The predicted molar refractivity (Wildman–Crippen MR) is 80.4 cm³/mol. The third kappa shape index (κ3) is 3.82. The summed E-state index contributed by atoms with van der Waals surface area (Å²) in [5.74, 6) is 0.155. The summed E-state index contributed by atoms with van der Waals surface area (Å²) in [7, 11) is 0. The predicted octanol–water partition coefficient (Wildman–Crippen LogP) is 2.42. The highest BCUT2D eigenvalue weighted by atomic mass is 32.2. The van der Waals surface area contributed by atoms with Crippen LogP contribution in [-0.4, -0.2) is 37.9 Å². The summed E-state index contributed by atoms with van der Waals surface area (Å²) in [4.78, 5) is 26.0. The first kappa shape index (κ1) is 16.0. The van der Waals surface area contributed by atoms with Crippen LogP contribution in [0.15, 0.2) is 29.4 Å². The SMILES string of the molecule is CCOC(=O)[C@H](C)Sc1n[nH]c(-c2ccc([N+](=O)[O-])cc2)n1. The number of nitro groups is 1. The minimum atomic E-state index is -0.466. The zero-order valence-electron chi connectivity index (χ0n) is 12.0. The van der Waals surface area contributed by atoms with E-state index in [1.807, 2.05) is 0 Å². The lowest BCUT2D eigenvalue weighted by molar-refractivity contribution is -0.384. The Morgan fingerprint density at radius 2 is 2.14 bits per heavy atom. The average molecular weight is 322 g/mol. The molecule has 0 saturated heterocycles. The number of esters is 1. The van der Waals surface area contributed by atoms with Gasteiger partial charge >= 0.3 is 5.97 Å². The van der Waals surface area contributed by atoms with Crippen LogP contribution in [0.5, 0.6) is 0 Å². The number of carbonyl (C=O) groups is 1. The molecule has 22 heavy (non-hydrogen) atoms. The minimum Gasteiger partial charge on any atom is -0.465 e. The van der Waals surface area contributed by atoms with Crippen molar-refractivity contribution in [3.63, 3.8) is 0 Å². The van der Waals surface area contributed by atoms with Gasteiger partial charge in [0.25, 0.3) is 5.69 Å². The number of ether oxygens (including phenoxy) is 1. The topological polar surface area (TPSA) is 111 Å². The average Bonchev–Trinajstić information content (AvgIpc) is 2.96. The molecule has 8 nitrogen and oxygen atoms in total. The van der Waals surface area contributed by atoms with Crippen LogP contribution in [0.4, 0.5) is 5.69 Å². The molecule has 0 bridgehead atoms. The van der Waals surface area contributed by atoms with Gasteiger partial charge in [-0.25, -0.2) is 4.98 Å². The molecular weight excluding hydrogens is 308 g/mol. The van der Waals surface area contributed by atoms with Gasteiger partial charge in [-0.05, 0) is 26.0 Å². The van der Waals surface area contributed by atoms with Gasteiger partial charge in [0.2, 0.25) is 5.16 Å². The van der Waals surface area contributed by atoms with Crippen LogP contribution in [-0.2, 0) is 9.53 Å². The first-order chi connectivity index (χ1) is 10.5. The molecule has 0 aliphatic carbocycles. The molecule has 0 aliphatic heterocycles. The van der Waals surface area contributed by atoms with Crippen LogP contribution in [0.3, 0.4) is 0 Å². The van der Waals surface area contributed by atoms with E-state index in [1.165, 1.54) is 23.9 Å². The lowest BCUT2D eigenvalue weighted by Gasteiger charge is -2.06. The highest BCUT2D eigenvalue weighted by Crippen LogP contribution is 2.24. The molecule has 0 amide bonds. The fourth-order valence-corrected chi connectivity index (χ4v) is 2.36. The van der Waals surface area contributed by atoms with E-state index in [9.17, 15) is 14.9 Å². The van der Waals surface area contributed by atoms with E-state index >= 15 is 0 Å². The van der Waals surface area contributed by atoms with Gasteiger partial charge in [0.15, 0.2) is 5.82 Å². The quantitative estimate of drug-likeness (QED) is 0.376. The Labute approximate surface area is 130 Å². The molecule has 1 heterocycles. The molecule has 116 valence electrons. The van der Waals surface area contributed by atoms with Crippen molar-refractivity contribution < 1.29 is 14.5 Å². The maximum absolute atomic E-state index is 11.6. The molecule has 0 spiro atoms. The van der Waals surface area contributed by atoms with Crippen LogP contribution in [0, 0.1) is 10.1 Å². The number of benzene rings is 1. The summed E-state index contributed by atoms with van der Waals surface area (Å²) in [5, 5.41) is 17.4. The Kier molecular flexibility index (Phi) is 5.10. The van der Waals surface area contributed by atoms with Crippen molar-refractivity contribution in [3.8, 4) is 11.4 Å². The van der Waals surface area contributed by atoms with E-state index < -0.39 is 10.2 Å². The summed E-state index contributed by atoms with van der Waals surface area (Å²) >= 11 is 1.18. The number of nitro benzene ring substituents is 1. The first-order valence-electron chi connectivity index (χ1n) is 6.51. The van der Waals surface area contributed by atoms with Crippen LogP contribution in [0.25, 0.3) is 11.4 Å². The van der Waals surface area contributed by atoms with Crippen molar-refractivity contribution in [2.45, 2.75) is 24.3 Å². The van der Waals surface area contributed by atoms with E-state index in [0.717, 1.165) is 0 Å². The lowest BCUT2D eigenvalue weighted by atomic mass is 10.2. The Balaban J connectivity index is 2.07. The molecule has 1 atom stereocenters. The Morgan fingerprint density at radius 3 is 2.73 bits per heavy atom. The van der Waals surface area contributed by atoms with Gasteiger partial charge in [-0.3, -0.25) is 20.0 Å². The number of rotatable bonds is 6. The molecule has 0 radical (unpaired) electrons. The van der Waals surface area contributed by atoms with E-state index in [0.29, 0.717) is 23.2 Å². The Bertz CT molecular complexity index is 671. The zero-order valence-corrected chi connectivity index (χ0v) is 12.8. The Hall–Kier alpha value is -2.42. The van der Waals surface area contributed by atoms with Crippen molar-refractivity contribution in [1.82, 2.24) is 15.2 Å². The normalized spacial score (nSPS) is 11.9. The third-order valence-corrected chi connectivity index (χ3v) is 3.66. The lowest BCUT2D eigenvalue weighted by Crippen LogP contribution is -2.16. The number of thioether (sulfide) groups is 1. The van der Waals surface area contributed by atoms with Crippen LogP contribution in [0.2, 0.25) is 0 Å². The first-order valence-corrected chi connectivity index (χ1v) is 7.39. The summed E-state index contributed by atoms with van der Waals surface area (Å²) in [5.41, 5.74) is 0.683. The molecule has 1 N–H and O–H groups in total. The number of H-pyrrole nitrogens is 1. The summed E-state index contributed by atoms with van der Waals surface area (Å²) < 4.78 is 4.91. The fourth-order valence-electron chi connectivity index (χ4n) is 1.64. The van der Waals surface area contributed by atoms with Gasteiger partial charge in [-0.1, -0.05) is 11.8 Å². The fraction of sp³-hybridized carbons (Fsp3) is 0.308. The molecule has 2 aromatic rings. The Morgan fingerprint density at radius 1 is 1.45 bits per heavy atom. The number of nitrogens with one attached hydrogen (secondary N) is 1. The highest BCUT2D eigenvalue weighted by molar-refractivity contribution is 8.00. The smallest absolute Gasteiger partial charge is 0.319 e. The monoisotopic (exact) mass is 322 g/mol. The minimum absolute atomic E-state index is 0.00815. The van der Waals surface area contributed by atoms with Crippen molar-refractivity contribution >= 4 is 23.4 Å². The van der Waals surface area contributed by atoms with Crippen LogP contribution < -0.4 is 0 Å². The second-order valence-electron chi connectivity index (χ2n) is 4.28. The molecule has 9 heteroatoms. The van der Waals surface area contributed by atoms with Gasteiger partial charge in [-0.2, -0.15) is 0 Å². The summed E-state index contributed by atoms with van der Waals surface area (Å²) in [6.07, 6.45) is 0. The largest absolute Gasteiger partial charge is 0.465 e. The van der Waals surface area contributed by atoms with Gasteiger partial charge in [0, 0.05) is 17.7 Å². The van der Waals surface area contributed by atoms with Crippen molar-refractivity contribution in [1.29, 1.82) is 0 Å². The number of hydrogen-bond donors (Lipinski definition) is 1. The highest BCUT2D eigenvalue weighted by Gasteiger charge is 2.18. The second kappa shape index (κ2) is 7.03. The molecular formula is C13H14N4O4S. The van der Waals surface area contributed by atoms with Crippen molar-refractivity contribution in [3.05, 3.63) is 34.4 Å². The number of aromatic nitrogens is 3. The van der Waals surface area contributed by atoms with Gasteiger partial charge in [0.05, 0.1) is 11.5 Å². The standard InChI is InChI=1S/C13H14N4O4S/c1-3-21-12(18)8(2)22-13-14-11(15-16-13)9-4-6-10(7-5-9)17(19)20/h4-8H,3H2,1-2H3,(H,14,15,16)/t8-/m0/s1. The van der Waals surface area contributed by atoms with E-state index in [4.69, 9.17) is 4.74 Å². The molecule has 1 aromatic heterocycles. The molecule has 0 fully saturated rings. The molecule has 0 saturated carbocycles. The zero-order chi connectivity index (χ0) is 16.1. The molecule has 0 aliphatic rings. The van der Waals surface area contributed by atoms with Gasteiger partial charge in [-0.15, -0.1) is 5.10 Å². The number of non-ortho nitro benzene ring substituents is 1. The number of carbonyl (C=O) groups excluding carboxylic acids is 1. The molecule has 0 unspecified atom stereocenters. The maximum Gasteiger partial charge on any atom is 0.319 e. The maximum atomic E-state index is 11.6. The summed E-state index contributed by atoms with van der Waals surface area (Å²) in [6.45, 7) is 3.78. The van der Waals surface area contributed by atoms with E-state index in [-0.39, 0.29) is 11.7 Å². The number of nitrogens with zero attached hydrogens (tertiary/aromatic N) is 3. The van der Waals surface area contributed by atoms with Gasteiger partial charge in [0.1, 0.15) is 5.25 Å². The molecule has 1 aromatic carbocycles. The van der Waals surface area contributed by atoms with E-state index in [1.54, 1.807) is 26.0 Å². The van der Waals surface area contributed by atoms with Gasteiger partial charge < -0.3 is 4.74 Å². The number of aromatic amines is 1. The van der Waals surface area contributed by atoms with Crippen LogP contribution in [0.1, 0.15) is 13.8 Å². The summed E-state index contributed by atoms with van der Waals surface area (Å²) in [6, 6.07) is 5.96. The third-order valence-electron chi connectivity index (χ3n) is 2.72. The second-order valence-corrected chi connectivity index (χ2v) is 5.59. The van der Waals surface area contributed by atoms with Crippen molar-refractivity contribution in [2.75, 3.05) is 6.61 Å². The molecule has 2 rings (SSSR count). The van der Waals surface area contributed by atoms with Crippen LogP contribution >= 0.6 is 11.8 Å². The number of hydrogen-bond acceptors (Lipinski definition) is 7.